The summed E-state index contributed by atoms with van der Waals surface area (Å²) in [5.41, 5.74) is 8.62. The van der Waals surface area contributed by atoms with Crippen molar-refractivity contribution in [2.75, 3.05) is 66.1 Å². The molecule has 83 heavy (non-hydrogen) atoms. The molecule has 11 rings (SSSR count). The van der Waals surface area contributed by atoms with Crippen molar-refractivity contribution >= 4 is 43.1 Å². The molecular weight excluding hydrogens is 1030 g/mol. The Hall–Kier alpha value is -10.0. The molecule has 0 aliphatic carbocycles. The number of hydrogen-bond donors (Lipinski definition) is 3. The van der Waals surface area contributed by atoms with E-state index in [9.17, 15) is 15.3 Å². The van der Waals surface area contributed by atoms with Gasteiger partial charge in [-0.3, -0.25) is 0 Å². The van der Waals surface area contributed by atoms with Crippen LogP contribution in [-0.4, -0.2) is 81.4 Å². The molecule has 0 aliphatic heterocycles. The van der Waals surface area contributed by atoms with Gasteiger partial charge in [-0.25, -0.2) is 0 Å². The molecule has 0 fully saturated rings. The maximum absolute atomic E-state index is 9.93. The summed E-state index contributed by atoms with van der Waals surface area (Å²) in [5.74, 6) is 23.1. The number of aliphatic hydroxyl groups is 3. The van der Waals surface area contributed by atoms with Crippen LogP contribution in [0.2, 0.25) is 0 Å². The Kier molecular flexibility index (Phi) is 17.8. The van der Waals surface area contributed by atoms with Crippen molar-refractivity contribution in [3.63, 3.8) is 0 Å². The molecule has 0 saturated heterocycles. The molecule has 0 heterocycles. The van der Waals surface area contributed by atoms with E-state index < -0.39 is 0 Å². The lowest BCUT2D eigenvalue weighted by atomic mass is 9.91. The van der Waals surface area contributed by atoms with Gasteiger partial charge in [0.25, 0.3) is 0 Å². The van der Waals surface area contributed by atoms with Gasteiger partial charge in [-0.2, -0.15) is 0 Å². The van der Waals surface area contributed by atoms with Crippen molar-refractivity contribution in [2.24, 2.45) is 0 Å². The van der Waals surface area contributed by atoms with Gasteiger partial charge in [-0.05, 0) is 146 Å². The Morgan fingerprint density at radius 1 is 0.253 bits per heavy atom. The Balaban J connectivity index is 0.791. The van der Waals surface area contributed by atoms with Gasteiger partial charge >= 0.3 is 0 Å². The first-order valence-electron chi connectivity index (χ1n) is 27.6. The van der Waals surface area contributed by atoms with Gasteiger partial charge in [0, 0.05) is 55.6 Å². The van der Waals surface area contributed by atoms with E-state index in [1.807, 2.05) is 164 Å². The highest BCUT2D eigenvalue weighted by molar-refractivity contribution is 6.11. The van der Waals surface area contributed by atoms with E-state index in [4.69, 9.17) is 28.4 Å². The number of ether oxygens (including phenoxy) is 6. The van der Waals surface area contributed by atoms with Crippen molar-refractivity contribution in [3.05, 3.63) is 246 Å². The van der Waals surface area contributed by atoms with E-state index in [1.54, 1.807) is 0 Å². The predicted octanol–water partition coefficient (Wildman–Crippen LogP) is 13.4. The smallest absolute Gasteiger partial charge is 0.128 e. The molecule has 0 spiro atoms. The molecule has 0 aliphatic rings. The summed E-state index contributed by atoms with van der Waals surface area (Å²) in [4.78, 5) is 0. The standard InChI is InChI=1S/C74H58O9/c75-38-41-80-67-34-27-58-15-7-8-17-63(58)71(67)72-64-33-26-57(50-60(64)28-35-68(72)81-42-39-76)23-22-54-14-9-16-62(51-54)79-46-44-78-45-47-83-70-37-30-61-49-56(21-19-53-12-5-2-6-13-53)25-32-66(61)74(70)73-65-31-24-55(20-18-52-10-3-1-4-11-52)48-59(65)29-36-69(73)82-43-40-77/h1-17,24-37,48-51,75-77H,38-47H2. The molecule has 0 saturated carbocycles. The fourth-order valence-corrected chi connectivity index (χ4v) is 10.1. The summed E-state index contributed by atoms with van der Waals surface area (Å²) in [7, 11) is 0. The number of aliphatic hydroxyl groups excluding tert-OH is 3. The van der Waals surface area contributed by atoms with Crippen LogP contribution in [0.15, 0.2) is 212 Å². The topological polar surface area (TPSA) is 116 Å². The fourth-order valence-electron chi connectivity index (χ4n) is 10.1. The summed E-state index contributed by atoms with van der Waals surface area (Å²) in [6, 6.07) is 70.0. The van der Waals surface area contributed by atoms with E-state index in [0.717, 1.165) is 98.7 Å². The molecular formula is C74H58O9. The first-order chi connectivity index (χ1) is 41.0. The largest absolute Gasteiger partial charge is 0.491 e. The second-order valence-electron chi connectivity index (χ2n) is 19.3. The van der Waals surface area contributed by atoms with Crippen LogP contribution in [0, 0.1) is 35.5 Å². The summed E-state index contributed by atoms with van der Waals surface area (Å²) in [6.07, 6.45) is 0. The Morgan fingerprint density at radius 3 is 1.05 bits per heavy atom. The third-order valence-electron chi connectivity index (χ3n) is 13.8. The summed E-state index contributed by atoms with van der Waals surface area (Å²) >= 11 is 0. The fraction of sp³-hybridized carbons (Fsp3) is 0.135. The lowest BCUT2D eigenvalue weighted by Gasteiger charge is -2.20. The van der Waals surface area contributed by atoms with E-state index in [2.05, 4.69) is 84.1 Å². The van der Waals surface area contributed by atoms with Crippen LogP contribution in [0.3, 0.4) is 0 Å². The molecule has 0 atom stereocenters. The molecule has 11 aromatic rings. The highest BCUT2D eigenvalue weighted by Crippen LogP contribution is 2.47. The van der Waals surface area contributed by atoms with E-state index >= 15 is 0 Å². The van der Waals surface area contributed by atoms with Gasteiger partial charge in [-0.1, -0.05) is 145 Å². The first kappa shape index (κ1) is 54.9. The number of hydrogen-bond acceptors (Lipinski definition) is 9. The first-order valence-corrected chi connectivity index (χ1v) is 27.6. The highest BCUT2D eigenvalue weighted by atomic mass is 16.5. The molecule has 9 nitrogen and oxygen atoms in total. The van der Waals surface area contributed by atoms with Gasteiger partial charge < -0.3 is 43.7 Å². The third-order valence-corrected chi connectivity index (χ3v) is 13.8. The summed E-state index contributed by atoms with van der Waals surface area (Å²) in [5, 5.41) is 37.0. The number of benzene rings is 11. The monoisotopic (exact) mass is 1090 g/mol. The normalized spacial score (nSPS) is 10.8. The SMILES string of the molecule is OCCOc1ccc2ccccc2c1-c1c(OCCO)ccc2cc(C#Cc3cccc(OCCOCCOc4ccc5cc(C#Cc6ccccc6)ccc5c4-c4c(OCCO)ccc5cc(C#Cc6ccccc6)ccc45)c3)ccc12. The van der Waals surface area contributed by atoms with Crippen LogP contribution in [-0.2, 0) is 4.74 Å². The van der Waals surface area contributed by atoms with Crippen LogP contribution < -0.4 is 23.7 Å². The summed E-state index contributed by atoms with van der Waals surface area (Å²) in [6.45, 7) is 1.18. The van der Waals surface area contributed by atoms with Gasteiger partial charge in [0.15, 0.2) is 0 Å². The van der Waals surface area contributed by atoms with Crippen LogP contribution in [0.25, 0.3) is 65.3 Å². The Labute approximate surface area is 482 Å². The zero-order valence-corrected chi connectivity index (χ0v) is 45.6. The Bertz CT molecular complexity index is 4290. The van der Waals surface area contributed by atoms with Crippen molar-refractivity contribution in [1.82, 2.24) is 0 Å². The van der Waals surface area contributed by atoms with Gasteiger partial charge in [0.2, 0.25) is 0 Å². The molecule has 0 bridgehead atoms. The zero-order valence-electron chi connectivity index (χ0n) is 45.6. The van der Waals surface area contributed by atoms with Crippen molar-refractivity contribution in [2.45, 2.75) is 0 Å². The minimum atomic E-state index is -0.144. The average Bonchev–Trinajstić information content (AvgIpc) is 3.63. The quantitative estimate of drug-likeness (QED) is 0.0538. The third kappa shape index (κ3) is 13.3. The molecule has 11 aromatic carbocycles. The minimum absolute atomic E-state index is 0.116. The highest BCUT2D eigenvalue weighted by Gasteiger charge is 2.22. The van der Waals surface area contributed by atoms with E-state index in [0.29, 0.717) is 48.6 Å². The number of rotatable bonds is 19. The zero-order chi connectivity index (χ0) is 56.6. The van der Waals surface area contributed by atoms with Crippen LogP contribution in [0.5, 0.6) is 28.7 Å². The molecule has 408 valence electrons. The Morgan fingerprint density at radius 2 is 0.602 bits per heavy atom. The molecule has 9 heteroatoms. The van der Waals surface area contributed by atoms with Gasteiger partial charge in [-0.15, -0.1) is 0 Å². The van der Waals surface area contributed by atoms with Crippen LogP contribution in [0.4, 0.5) is 0 Å². The van der Waals surface area contributed by atoms with Gasteiger partial charge in [0.1, 0.15) is 61.8 Å². The van der Waals surface area contributed by atoms with Crippen molar-refractivity contribution in [3.8, 4) is 86.5 Å². The second-order valence-corrected chi connectivity index (χ2v) is 19.3. The average molecular weight is 1090 g/mol. The maximum atomic E-state index is 9.93. The minimum Gasteiger partial charge on any atom is -0.491 e. The lowest BCUT2D eigenvalue weighted by molar-refractivity contribution is 0.0766. The maximum Gasteiger partial charge on any atom is 0.128 e. The van der Waals surface area contributed by atoms with Crippen LogP contribution in [0.1, 0.15) is 33.4 Å². The predicted molar refractivity (Wildman–Crippen MR) is 331 cm³/mol. The lowest BCUT2D eigenvalue weighted by Crippen LogP contribution is -2.12. The molecule has 0 unspecified atom stereocenters. The molecule has 3 N–H and O–H groups in total. The second kappa shape index (κ2) is 27.0. The van der Waals surface area contributed by atoms with Crippen molar-refractivity contribution in [1.29, 1.82) is 0 Å². The van der Waals surface area contributed by atoms with Crippen molar-refractivity contribution < 1.29 is 43.7 Å². The molecule has 0 radical (unpaired) electrons. The van der Waals surface area contributed by atoms with Gasteiger partial charge in [0.05, 0.1) is 33.0 Å². The summed E-state index contributed by atoms with van der Waals surface area (Å²) < 4.78 is 37.4. The molecule has 0 amide bonds. The van der Waals surface area contributed by atoms with E-state index in [-0.39, 0.29) is 46.2 Å². The molecule has 0 aromatic heterocycles. The number of fused-ring (bicyclic) bond motifs is 4. The van der Waals surface area contributed by atoms with E-state index in [1.165, 1.54) is 0 Å². The van der Waals surface area contributed by atoms with Crippen LogP contribution >= 0.6 is 0 Å².